The fraction of sp³-hybridized carbons (Fsp3) is 0.389. The number of aromatic nitrogens is 7. The van der Waals surface area contributed by atoms with Gasteiger partial charge in [0, 0.05) is 46.7 Å². The van der Waals surface area contributed by atoms with Crippen molar-refractivity contribution >= 4 is 34.9 Å². The van der Waals surface area contributed by atoms with Gasteiger partial charge in [0.2, 0.25) is 11.7 Å². The van der Waals surface area contributed by atoms with Crippen LogP contribution in [0.15, 0.2) is 41.5 Å². The number of pyridine rings is 1. The number of rotatable bonds is 6. The van der Waals surface area contributed by atoms with Gasteiger partial charge in [-0.3, -0.25) is 19.4 Å². The molecule has 1 saturated heterocycles. The van der Waals surface area contributed by atoms with Gasteiger partial charge in [0.05, 0.1) is 16.4 Å². The summed E-state index contributed by atoms with van der Waals surface area (Å²) in [4.78, 5) is 60.7. The van der Waals surface area contributed by atoms with E-state index in [0.717, 1.165) is 34.6 Å². The zero-order valence-corrected chi connectivity index (χ0v) is 29.4. The van der Waals surface area contributed by atoms with Gasteiger partial charge in [-0.1, -0.05) is 31.5 Å². The maximum Gasteiger partial charge on any atom is 0.279 e. The van der Waals surface area contributed by atoms with E-state index in [1.807, 2.05) is 49.6 Å². The molecule has 1 unspecified atom stereocenters. The predicted molar refractivity (Wildman–Crippen MR) is 188 cm³/mol. The van der Waals surface area contributed by atoms with Gasteiger partial charge in [-0.25, -0.2) is 9.97 Å². The molecule has 258 valence electrons. The summed E-state index contributed by atoms with van der Waals surface area (Å²) in [5, 5.41) is 18.6. The van der Waals surface area contributed by atoms with Crippen molar-refractivity contribution in [3.8, 4) is 17.1 Å². The van der Waals surface area contributed by atoms with Gasteiger partial charge in [0.25, 0.3) is 11.5 Å². The summed E-state index contributed by atoms with van der Waals surface area (Å²) >= 11 is 6.53. The normalized spacial score (nSPS) is 16.6. The van der Waals surface area contributed by atoms with E-state index >= 15 is 0 Å². The highest BCUT2D eigenvalue weighted by Gasteiger charge is 2.49. The number of aryl methyl sites for hydroxylation is 4. The Hall–Kier alpha value is -5.17. The lowest BCUT2D eigenvalue weighted by molar-refractivity contribution is -0.116. The fourth-order valence-electron chi connectivity index (χ4n) is 7.69. The van der Waals surface area contributed by atoms with E-state index in [1.165, 1.54) is 10.8 Å². The Morgan fingerprint density at radius 3 is 2.46 bits per heavy atom. The van der Waals surface area contributed by atoms with Crippen LogP contribution in [0.4, 0.5) is 5.69 Å². The number of halogens is 1. The largest absolute Gasteiger partial charge is 0.504 e. The van der Waals surface area contributed by atoms with Gasteiger partial charge in [-0.15, -0.1) is 5.10 Å². The van der Waals surface area contributed by atoms with Crippen molar-refractivity contribution in [2.24, 2.45) is 0 Å². The second-order valence-corrected chi connectivity index (χ2v) is 13.9. The van der Waals surface area contributed by atoms with Gasteiger partial charge >= 0.3 is 0 Å². The molecule has 13 nitrogen and oxygen atoms in total. The van der Waals surface area contributed by atoms with E-state index in [9.17, 15) is 19.5 Å². The first-order chi connectivity index (χ1) is 23.9. The number of fused-ring (bicyclic) bond motifs is 3. The molecule has 5 aromatic rings. The lowest BCUT2D eigenvalue weighted by Gasteiger charge is -2.39. The Morgan fingerprint density at radius 1 is 1.06 bits per heavy atom. The second kappa shape index (κ2) is 12.6. The summed E-state index contributed by atoms with van der Waals surface area (Å²) in [5.74, 6) is -0.404. The topological polar surface area (TPSA) is 160 Å². The van der Waals surface area contributed by atoms with Crippen LogP contribution in [-0.4, -0.2) is 69.0 Å². The van der Waals surface area contributed by atoms with Crippen LogP contribution in [0.25, 0.3) is 17.2 Å². The molecule has 1 aliphatic carbocycles. The average Bonchev–Trinajstić information content (AvgIpc) is 3.65. The third kappa shape index (κ3) is 5.68. The van der Waals surface area contributed by atoms with Crippen molar-refractivity contribution < 1.29 is 14.7 Å². The number of likely N-dealkylation sites (tertiary alicyclic amines) is 1. The van der Waals surface area contributed by atoms with E-state index in [2.05, 4.69) is 27.2 Å². The Balaban J connectivity index is 1.30. The van der Waals surface area contributed by atoms with Crippen molar-refractivity contribution in [1.29, 1.82) is 0 Å². The van der Waals surface area contributed by atoms with Crippen molar-refractivity contribution in [3.05, 3.63) is 91.6 Å². The number of carbonyl (C=O) groups is 2. The van der Waals surface area contributed by atoms with E-state index in [4.69, 9.17) is 21.7 Å². The quantitative estimate of drug-likeness (QED) is 0.252. The molecule has 1 fully saturated rings. The molecule has 50 heavy (non-hydrogen) atoms. The molecule has 2 N–H and O–H groups in total. The molecular weight excluding hydrogens is 658 g/mol. The zero-order chi connectivity index (χ0) is 35.5. The molecule has 1 atom stereocenters. The Morgan fingerprint density at radius 2 is 1.78 bits per heavy atom. The number of nitrogens with zero attached hydrogens (tertiary/aromatic N) is 8. The zero-order valence-electron chi connectivity index (χ0n) is 28.6. The van der Waals surface area contributed by atoms with Gasteiger partial charge in [-0.2, -0.15) is 9.50 Å². The number of hydrogen-bond acceptors (Lipinski definition) is 9. The van der Waals surface area contributed by atoms with E-state index in [-0.39, 0.29) is 47.1 Å². The molecule has 0 bridgehead atoms. The summed E-state index contributed by atoms with van der Waals surface area (Å²) in [6, 6.07) is 9.30. The number of benzene rings is 1. The Labute approximate surface area is 293 Å². The molecule has 7 rings (SSSR count). The molecule has 2 amide bonds. The number of anilines is 1. The predicted octanol–water partition coefficient (Wildman–Crippen LogP) is 4.91. The molecule has 1 aromatic carbocycles. The maximum absolute atomic E-state index is 14.6. The molecule has 1 spiro atoms. The third-order valence-electron chi connectivity index (χ3n) is 10.1. The summed E-state index contributed by atoms with van der Waals surface area (Å²) in [5.41, 5.74) is 4.65. The second-order valence-electron chi connectivity index (χ2n) is 13.5. The van der Waals surface area contributed by atoms with Gasteiger partial charge in [0.1, 0.15) is 12.9 Å². The number of amides is 2. The molecule has 1 aliphatic heterocycles. The monoisotopic (exact) mass is 695 g/mol. The maximum atomic E-state index is 14.6. The molecule has 14 heteroatoms. The van der Waals surface area contributed by atoms with E-state index in [1.54, 1.807) is 17.9 Å². The summed E-state index contributed by atoms with van der Waals surface area (Å²) < 4.78 is 3.13. The lowest BCUT2D eigenvalue weighted by atomic mass is 9.73. The summed E-state index contributed by atoms with van der Waals surface area (Å²) in [7, 11) is 0. The first-order valence-electron chi connectivity index (χ1n) is 16.8. The first kappa shape index (κ1) is 33.3. The highest BCUT2D eigenvalue weighted by atomic mass is 35.5. The minimum absolute atomic E-state index is 0.0371. The molecule has 2 aliphatic rings. The van der Waals surface area contributed by atoms with Gasteiger partial charge in [-0.05, 0) is 82.2 Å². The highest BCUT2D eigenvalue weighted by molar-refractivity contribution is 6.33. The Kier molecular flexibility index (Phi) is 8.41. The van der Waals surface area contributed by atoms with Crippen LogP contribution in [0.2, 0.25) is 5.02 Å². The van der Waals surface area contributed by atoms with Gasteiger partial charge < -0.3 is 19.9 Å². The van der Waals surface area contributed by atoms with Crippen LogP contribution in [0.1, 0.15) is 83.4 Å². The van der Waals surface area contributed by atoms with Crippen LogP contribution in [-0.2, 0) is 23.2 Å². The van der Waals surface area contributed by atoms with Crippen LogP contribution in [0.5, 0.6) is 5.75 Å². The van der Waals surface area contributed by atoms with Crippen LogP contribution in [0.3, 0.4) is 0 Å². The van der Waals surface area contributed by atoms with Crippen LogP contribution in [0, 0.1) is 20.8 Å². The van der Waals surface area contributed by atoms with E-state index in [0.29, 0.717) is 60.1 Å². The number of nitrogens with one attached hydrogen (secondary N) is 1. The highest BCUT2D eigenvalue weighted by Crippen LogP contribution is 2.50. The number of piperidine rings is 1. The molecule has 5 heterocycles. The number of hydrogen-bond donors (Lipinski definition) is 2. The summed E-state index contributed by atoms with van der Waals surface area (Å²) in [6.07, 6.45) is 3.76. The molecule has 4 aromatic heterocycles. The van der Waals surface area contributed by atoms with Crippen molar-refractivity contribution in [2.75, 3.05) is 18.4 Å². The Bertz CT molecular complexity index is 2230. The third-order valence-corrected chi connectivity index (χ3v) is 10.4. The fourth-order valence-corrected chi connectivity index (χ4v) is 7.94. The van der Waals surface area contributed by atoms with Crippen molar-refractivity contribution in [3.63, 3.8) is 0 Å². The van der Waals surface area contributed by atoms with Gasteiger partial charge in [0.15, 0.2) is 17.3 Å². The summed E-state index contributed by atoms with van der Waals surface area (Å²) in [6.45, 7) is 10.1. The smallest absolute Gasteiger partial charge is 0.279 e. The number of aromatic hydroxyl groups is 1. The van der Waals surface area contributed by atoms with Crippen molar-refractivity contribution in [2.45, 2.75) is 78.2 Å². The molecule has 0 saturated carbocycles. The standard InChI is InChI=1S/C36H38ClN9O4/c1-6-23-7-8-26(25(37)15-23)41-27(47)17-45-30-19(2)16-36(9-11-44(12-10-36)34(50)29-31(48)22(5)38-18-39-29)28(30)33(49)46-35(45)42-32(43-46)24-13-20(3)40-21(4)14-24/h7-8,13-15,18-19,48H,6,9-12,16-17H2,1-5H3,(H,41,47). The van der Waals surface area contributed by atoms with E-state index < -0.39 is 5.41 Å². The number of carbonyl (C=O) groups excluding carboxylic acids is 2. The van der Waals surface area contributed by atoms with Crippen LogP contribution < -0.4 is 10.9 Å². The average molecular weight is 696 g/mol. The minimum atomic E-state index is -0.562. The first-order valence-corrected chi connectivity index (χ1v) is 17.1. The van der Waals surface area contributed by atoms with Crippen LogP contribution >= 0.6 is 11.6 Å². The molecule has 0 radical (unpaired) electrons. The SMILES string of the molecule is CCc1ccc(NC(=O)Cn2c3c(c(=O)n4nc(-c5cc(C)nc(C)c5)nc24)C2(CCN(C(=O)c4ncnc(C)c4O)CC2)CC3C)c(Cl)c1. The minimum Gasteiger partial charge on any atom is -0.504 e. The molecular formula is C36H38ClN9O4. The lowest BCUT2D eigenvalue weighted by Crippen LogP contribution is -2.46. The van der Waals surface area contributed by atoms with Crippen molar-refractivity contribution in [1.82, 2.24) is 39.0 Å².